The van der Waals surface area contributed by atoms with E-state index in [9.17, 15) is 9.59 Å². The van der Waals surface area contributed by atoms with Crippen LogP contribution in [-0.4, -0.2) is 40.0 Å². The van der Waals surface area contributed by atoms with Crippen molar-refractivity contribution in [2.75, 3.05) is 6.54 Å². The van der Waals surface area contributed by atoms with Crippen LogP contribution < -0.4 is 5.32 Å². The van der Waals surface area contributed by atoms with Crippen LogP contribution in [0.5, 0.6) is 0 Å². The zero-order chi connectivity index (χ0) is 13.1. The summed E-state index contributed by atoms with van der Waals surface area (Å²) in [4.78, 5) is 23.3. The molecule has 1 heterocycles. The van der Waals surface area contributed by atoms with Crippen molar-refractivity contribution in [1.82, 2.24) is 5.32 Å². The molecule has 0 bridgehead atoms. The van der Waals surface area contributed by atoms with Crippen LogP contribution in [0, 0.1) is 0 Å². The van der Waals surface area contributed by atoms with Gasteiger partial charge in [0.05, 0.1) is 11.8 Å². The number of benzene rings is 1. The smallest absolute Gasteiger partial charge is 0.334 e. The van der Waals surface area contributed by atoms with Crippen LogP contribution >= 0.6 is 11.8 Å². The molecule has 0 fully saturated rings. The second-order valence-corrected chi connectivity index (χ2v) is 5.26. The summed E-state index contributed by atoms with van der Waals surface area (Å²) in [6.07, 6.45) is -0.918. The Balaban J connectivity index is 1.88. The normalized spacial score (nSPS) is 19.1. The molecule has 0 radical (unpaired) electrons. The largest absolute Gasteiger partial charge is 0.479 e. The highest BCUT2D eigenvalue weighted by atomic mass is 32.2. The van der Waals surface area contributed by atoms with Gasteiger partial charge in [0.2, 0.25) is 5.91 Å². The molecule has 1 amide bonds. The number of fused-ring (bicyclic) bond motifs is 1. The number of amides is 1. The van der Waals surface area contributed by atoms with E-state index >= 15 is 0 Å². The summed E-state index contributed by atoms with van der Waals surface area (Å²) in [7, 11) is 0. The SMILES string of the molecule is O=C(O)C(O)CNC(=O)C1Cc2ccccc2S1. The monoisotopic (exact) mass is 267 g/mol. The van der Waals surface area contributed by atoms with Crippen LogP contribution in [0.3, 0.4) is 0 Å². The van der Waals surface area contributed by atoms with E-state index in [1.165, 1.54) is 11.8 Å². The number of aliphatic hydroxyl groups is 1. The Morgan fingerprint density at radius 1 is 1.44 bits per heavy atom. The highest BCUT2D eigenvalue weighted by Gasteiger charge is 2.28. The van der Waals surface area contributed by atoms with Gasteiger partial charge in [0.15, 0.2) is 6.10 Å². The summed E-state index contributed by atoms with van der Waals surface area (Å²) in [6, 6.07) is 7.77. The number of hydrogen-bond acceptors (Lipinski definition) is 4. The van der Waals surface area contributed by atoms with Crippen LogP contribution in [-0.2, 0) is 16.0 Å². The molecule has 1 aliphatic rings. The molecule has 96 valence electrons. The van der Waals surface area contributed by atoms with Crippen molar-refractivity contribution in [3.05, 3.63) is 29.8 Å². The van der Waals surface area contributed by atoms with Gasteiger partial charge < -0.3 is 15.5 Å². The molecule has 0 aliphatic carbocycles. The summed E-state index contributed by atoms with van der Waals surface area (Å²) in [5, 5.41) is 19.8. The van der Waals surface area contributed by atoms with Gasteiger partial charge in [-0.1, -0.05) is 18.2 Å². The summed E-state index contributed by atoms with van der Waals surface area (Å²) < 4.78 is 0. The van der Waals surface area contributed by atoms with Gasteiger partial charge in [-0.05, 0) is 18.1 Å². The highest BCUT2D eigenvalue weighted by molar-refractivity contribution is 8.01. The maximum absolute atomic E-state index is 11.8. The first-order chi connectivity index (χ1) is 8.58. The van der Waals surface area contributed by atoms with Crippen LogP contribution in [0.2, 0.25) is 0 Å². The second kappa shape index (κ2) is 5.41. The molecular formula is C12H13NO4S. The third kappa shape index (κ3) is 2.83. The first kappa shape index (κ1) is 12.9. The molecular weight excluding hydrogens is 254 g/mol. The minimum absolute atomic E-state index is 0.239. The molecule has 0 aromatic heterocycles. The molecule has 6 heteroatoms. The van der Waals surface area contributed by atoms with Crippen molar-refractivity contribution >= 4 is 23.6 Å². The average Bonchev–Trinajstić information content (AvgIpc) is 2.79. The molecule has 1 aliphatic heterocycles. The van der Waals surface area contributed by atoms with Crippen molar-refractivity contribution in [2.45, 2.75) is 22.7 Å². The van der Waals surface area contributed by atoms with Gasteiger partial charge in [0, 0.05) is 4.90 Å². The van der Waals surface area contributed by atoms with Gasteiger partial charge in [-0.3, -0.25) is 4.79 Å². The van der Waals surface area contributed by atoms with Gasteiger partial charge in [-0.15, -0.1) is 11.8 Å². The number of carbonyl (C=O) groups excluding carboxylic acids is 1. The molecule has 1 aromatic carbocycles. The van der Waals surface area contributed by atoms with E-state index in [1.807, 2.05) is 24.3 Å². The first-order valence-electron chi connectivity index (χ1n) is 5.51. The Bertz CT molecular complexity index is 452. The number of nitrogens with one attached hydrogen (secondary N) is 1. The van der Waals surface area contributed by atoms with Gasteiger partial charge in [0.25, 0.3) is 0 Å². The summed E-state index contributed by atoms with van der Waals surface area (Å²) >= 11 is 1.46. The Morgan fingerprint density at radius 2 is 2.17 bits per heavy atom. The first-order valence-corrected chi connectivity index (χ1v) is 6.39. The van der Waals surface area contributed by atoms with Crippen LogP contribution in [0.15, 0.2) is 29.2 Å². The van der Waals surface area contributed by atoms with Crippen LogP contribution in [0.1, 0.15) is 5.56 Å². The van der Waals surface area contributed by atoms with Crippen molar-refractivity contribution in [3.8, 4) is 0 Å². The second-order valence-electron chi connectivity index (χ2n) is 4.02. The fourth-order valence-corrected chi connectivity index (χ4v) is 2.95. The molecule has 2 rings (SSSR count). The number of carbonyl (C=O) groups is 2. The predicted molar refractivity (Wildman–Crippen MR) is 66.4 cm³/mol. The van der Waals surface area contributed by atoms with Crippen molar-refractivity contribution in [3.63, 3.8) is 0 Å². The lowest BCUT2D eigenvalue weighted by Crippen LogP contribution is -2.40. The molecule has 1 aromatic rings. The summed E-state index contributed by atoms with van der Waals surface area (Å²) in [6.45, 7) is -0.262. The molecule has 0 spiro atoms. The quantitative estimate of drug-likeness (QED) is 0.728. The van der Waals surface area contributed by atoms with E-state index in [1.54, 1.807) is 0 Å². The van der Waals surface area contributed by atoms with E-state index in [-0.39, 0.29) is 17.7 Å². The molecule has 5 nitrogen and oxygen atoms in total. The maximum atomic E-state index is 11.8. The topological polar surface area (TPSA) is 86.6 Å². The van der Waals surface area contributed by atoms with Crippen molar-refractivity contribution < 1.29 is 19.8 Å². The van der Waals surface area contributed by atoms with Gasteiger partial charge in [-0.2, -0.15) is 0 Å². The molecule has 2 atom stereocenters. The third-order valence-electron chi connectivity index (χ3n) is 2.69. The Morgan fingerprint density at radius 3 is 2.83 bits per heavy atom. The highest BCUT2D eigenvalue weighted by Crippen LogP contribution is 2.36. The van der Waals surface area contributed by atoms with E-state index in [0.29, 0.717) is 6.42 Å². The zero-order valence-corrected chi connectivity index (χ0v) is 10.3. The lowest BCUT2D eigenvalue weighted by Gasteiger charge is -2.11. The molecule has 2 unspecified atom stereocenters. The van der Waals surface area contributed by atoms with E-state index < -0.39 is 12.1 Å². The average molecular weight is 267 g/mol. The number of carboxylic acid groups (broad SMARTS) is 1. The van der Waals surface area contributed by atoms with Crippen LogP contribution in [0.25, 0.3) is 0 Å². The van der Waals surface area contributed by atoms with Crippen molar-refractivity contribution in [2.24, 2.45) is 0 Å². The van der Waals surface area contributed by atoms with E-state index in [2.05, 4.69) is 5.32 Å². The maximum Gasteiger partial charge on any atom is 0.334 e. The van der Waals surface area contributed by atoms with Gasteiger partial charge in [-0.25, -0.2) is 4.79 Å². The number of carboxylic acids is 1. The molecule has 0 saturated carbocycles. The van der Waals surface area contributed by atoms with E-state index in [0.717, 1.165) is 10.5 Å². The number of hydrogen-bond donors (Lipinski definition) is 3. The number of rotatable bonds is 4. The zero-order valence-electron chi connectivity index (χ0n) is 9.50. The van der Waals surface area contributed by atoms with E-state index in [4.69, 9.17) is 10.2 Å². The fourth-order valence-electron chi connectivity index (χ4n) is 1.73. The Hall–Kier alpha value is -1.53. The minimum atomic E-state index is -1.55. The summed E-state index contributed by atoms with van der Waals surface area (Å²) in [5.74, 6) is -1.57. The van der Waals surface area contributed by atoms with Crippen LogP contribution in [0.4, 0.5) is 0 Å². The fraction of sp³-hybridized carbons (Fsp3) is 0.333. The lowest BCUT2D eigenvalue weighted by molar-refractivity contribution is -0.146. The Kier molecular flexibility index (Phi) is 3.88. The van der Waals surface area contributed by atoms with Crippen molar-refractivity contribution in [1.29, 1.82) is 0 Å². The summed E-state index contributed by atoms with van der Waals surface area (Å²) in [5.41, 5.74) is 1.13. The van der Waals surface area contributed by atoms with Gasteiger partial charge in [0.1, 0.15) is 0 Å². The third-order valence-corrected chi connectivity index (χ3v) is 4.01. The number of aliphatic carboxylic acids is 1. The molecule has 0 saturated heterocycles. The lowest BCUT2D eigenvalue weighted by atomic mass is 10.1. The predicted octanol–water partition coefficient (Wildman–Crippen LogP) is 0.265. The Labute approximate surface area is 108 Å². The molecule has 3 N–H and O–H groups in total. The van der Waals surface area contributed by atoms with Gasteiger partial charge >= 0.3 is 5.97 Å². The number of thioether (sulfide) groups is 1. The minimum Gasteiger partial charge on any atom is -0.479 e. The molecule has 18 heavy (non-hydrogen) atoms. The number of aliphatic hydroxyl groups excluding tert-OH is 1. The standard InChI is InChI=1S/C12H13NO4S/c14-8(12(16)17)6-13-11(15)10-5-7-3-1-2-4-9(7)18-10/h1-4,8,10,14H,5-6H2,(H,13,15)(H,16,17).